The topological polar surface area (TPSA) is 52.3 Å². The second kappa shape index (κ2) is 5.36. The molecular weight excluding hydrogens is 222 g/mol. The molecule has 76 valence electrons. The van der Waals surface area contributed by atoms with Gasteiger partial charge in [-0.25, -0.2) is 0 Å². The maximum Gasteiger partial charge on any atom is 0.190 e. The summed E-state index contributed by atoms with van der Waals surface area (Å²) in [6.45, 7) is -0.117. The molecule has 0 aromatic heterocycles. The lowest BCUT2D eigenvalue weighted by Crippen LogP contribution is -2.21. The van der Waals surface area contributed by atoms with Gasteiger partial charge in [-0.15, -0.1) is 12.6 Å². The molecule has 0 spiro atoms. The molecule has 0 aliphatic rings. The standard InChI is InChI=1S/C9H10ClNO2S/c10-7-4-2-1-3-6(7)8(12)5-13-9(11)14/h1-4,9,14H,5,11H2/t9-/m1/s1. The molecule has 0 radical (unpaired) electrons. The molecule has 3 nitrogen and oxygen atoms in total. The van der Waals surface area contributed by atoms with Crippen molar-refractivity contribution in [1.82, 2.24) is 0 Å². The number of rotatable bonds is 4. The molecule has 0 saturated heterocycles. The van der Waals surface area contributed by atoms with E-state index in [1.807, 2.05) is 0 Å². The summed E-state index contributed by atoms with van der Waals surface area (Å²) < 4.78 is 4.85. The summed E-state index contributed by atoms with van der Waals surface area (Å²) in [5.41, 5.74) is 4.90. The number of Topliss-reactive ketones (excluding diaryl/α,β-unsaturated/α-hetero) is 1. The zero-order valence-corrected chi connectivity index (χ0v) is 8.96. The molecule has 0 fully saturated rings. The van der Waals surface area contributed by atoms with E-state index < -0.39 is 5.56 Å². The van der Waals surface area contributed by atoms with Gasteiger partial charge in [-0.3, -0.25) is 10.5 Å². The minimum absolute atomic E-state index is 0.117. The van der Waals surface area contributed by atoms with Crippen LogP contribution in [0.2, 0.25) is 5.02 Å². The van der Waals surface area contributed by atoms with E-state index in [1.165, 1.54) is 0 Å². The largest absolute Gasteiger partial charge is 0.346 e. The van der Waals surface area contributed by atoms with Crippen LogP contribution in [0.15, 0.2) is 24.3 Å². The first kappa shape index (κ1) is 11.5. The number of carbonyl (C=O) groups is 1. The zero-order valence-electron chi connectivity index (χ0n) is 7.31. The van der Waals surface area contributed by atoms with Crippen LogP contribution >= 0.6 is 24.2 Å². The van der Waals surface area contributed by atoms with Crippen LogP contribution in [-0.2, 0) is 4.74 Å². The van der Waals surface area contributed by atoms with Gasteiger partial charge >= 0.3 is 0 Å². The van der Waals surface area contributed by atoms with Crippen molar-refractivity contribution in [1.29, 1.82) is 0 Å². The predicted molar refractivity (Wildman–Crippen MR) is 58.7 cm³/mol. The SMILES string of the molecule is N[C@@H](S)OCC(=O)c1ccccc1Cl. The normalized spacial score (nSPS) is 12.5. The van der Waals surface area contributed by atoms with Crippen LogP contribution in [0.5, 0.6) is 0 Å². The molecule has 5 heteroatoms. The van der Waals surface area contributed by atoms with Gasteiger partial charge in [0.25, 0.3) is 0 Å². The Balaban J connectivity index is 2.65. The van der Waals surface area contributed by atoms with Gasteiger partial charge in [0.15, 0.2) is 11.3 Å². The minimum Gasteiger partial charge on any atom is -0.346 e. The Kier molecular flexibility index (Phi) is 4.41. The molecule has 1 atom stereocenters. The molecule has 0 heterocycles. The van der Waals surface area contributed by atoms with Crippen LogP contribution in [0.25, 0.3) is 0 Å². The third kappa shape index (κ3) is 3.31. The van der Waals surface area contributed by atoms with Crippen LogP contribution in [0.1, 0.15) is 10.4 Å². The Morgan fingerprint density at radius 1 is 1.57 bits per heavy atom. The van der Waals surface area contributed by atoms with E-state index in [2.05, 4.69) is 12.6 Å². The molecule has 0 aliphatic heterocycles. The van der Waals surface area contributed by atoms with Crippen molar-refractivity contribution in [2.75, 3.05) is 6.61 Å². The van der Waals surface area contributed by atoms with Gasteiger partial charge in [0.1, 0.15) is 6.61 Å². The summed E-state index contributed by atoms with van der Waals surface area (Å²) in [4.78, 5) is 11.5. The Morgan fingerprint density at radius 2 is 2.21 bits per heavy atom. The van der Waals surface area contributed by atoms with Gasteiger partial charge in [0.2, 0.25) is 0 Å². The minimum atomic E-state index is -0.749. The van der Waals surface area contributed by atoms with Gasteiger partial charge in [-0.05, 0) is 12.1 Å². The molecular formula is C9H10ClNO2S. The quantitative estimate of drug-likeness (QED) is 0.471. The summed E-state index contributed by atoms with van der Waals surface area (Å²) in [6, 6.07) is 6.78. The fourth-order valence-corrected chi connectivity index (χ4v) is 1.24. The van der Waals surface area contributed by atoms with Crippen molar-refractivity contribution in [3.05, 3.63) is 34.9 Å². The first-order valence-corrected chi connectivity index (χ1v) is 4.83. The third-order valence-corrected chi connectivity index (χ3v) is 2.04. The molecule has 0 aliphatic carbocycles. The molecule has 0 saturated carbocycles. The van der Waals surface area contributed by atoms with E-state index in [4.69, 9.17) is 22.1 Å². The highest BCUT2D eigenvalue weighted by Gasteiger charge is 2.10. The number of ether oxygens (including phenoxy) is 1. The molecule has 1 rings (SSSR count). The molecule has 1 aromatic rings. The first-order chi connectivity index (χ1) is 6.61. The van der Waals surface area contributed by atoms with Gasteiger partial charge in [-0.2, -0.15) is 0 Å². The van der Waals surface area contributed by atoms with Gasteiger partial charge in [0.05, 0.1) is 5.02 Å². The van der Waals surface area contributed by atoms with Crippen molar-refractivity contribution in [2.24, 2.45) is 5.73 Å². The van der Waals surface area contributed by atoms with E-state index in [0.29, 0.717) is 10.6 Å². The number of hydrogen-bond acceptors (Lipinski definition) is 4. The van der Waals surface area contributed by atoms with E-state index in [1.54, 1.807) is 24.3 Å². The van der Waals surface area contributed by atoms with Crippen molar-refractivity contribution < 1.29 is 9.53 Å². The van der Waals surface area contributed by atoms with E-state index in [9.17, 15) is 4.79 Å². The Hall–Kier alpha value is -0.550. The second-order valence-corrected chi connectivity index (χ2v) is 3.52. The average molecular weight is 232 g/mol. The van der Waals surface area contributed by atoms with Crippen LogP contribution in [0.4, 0.5) is 0 Å². The van der Waals surface area contributed by atoms with Crippen molar-refractivity contribution in [3.8, 4) is 0 Å². The smallest absolute Gasteiger partial charge is 0.190 e. The Labute approximate surface area is 92.6 Å². The number of halogens is 1. The number of ketones is 1. The van der Waals surface area contributed by atoms with Crippen molar-refractivity contribution in [3.63, 3.8) is 0 Å². The zero-order chi connectivity index (χ0) is 10.6. The van der Waals surface area contributed by atoms with E-state index in [-0.39, 0.29) is 12.4 Å². The lowest BCUT2D eigenvalue weighted by atomic mass is 10.1. The van der Waals surface area contributed by atoms with Gasteiger partial charge in [0, 0.05) is 5.56 Å². The maximum absolute atomic E-state index is 11.5. The molecule has 0 unspecified atom stereocenters. The Morgan fingerprint density at radius 3 is 2.79 bits per heavy atom. The van der Waals surface area contributed by atoms with Crippen LogP contribution in [0.3, 0.4) is 0 Å². The summed E-state index contributed by atoms with van der Waals surface area (Å²) in [5, 5.41) is 0.411. The fraction of sp³-hybridized carbons (Fsp3) is 0.222. The summed E-state index contributed by atoms with van der Waals surface area (Å²) in [7, 11) is 0. The van der Waals surface area contributed by atoms with Crippen LogP contribution in [0, 0.1) is 0 Å². The number of nitrogens with two attached hydrogens (primary N) is 1. The highest BCUT2D eigenvalue weighted by atomic mass is 35.5. The number of carbonyl (C=O) groups excluding carboxylic acids is 1. The summed E-state index contributed by atoms with van der Waals surface area (Å²) >= 11 is 9.59. The summed E-state index contributed by atoms with van der Waals surface area (Å²) in [6.07, 6.45) is 0. The molecule has 2 N–H and O–H groups in total. The molecule has 0 amide bonds. The number of benzene rings is 1. The lowest BCUT2D eigenvalue weighted by molar-refractivity contribution is 0.0720. The average Bonchev–Trinajstić information content (AvgIpc) is 2.15. The highest BCUT2D eigenvalue weighted by Crippen LogP contribution is 2.15. The molecule has 0 bridgehead atoms. The predicted octanol–water partition coefficient (Wildman–Crippen LogP) is 1.71. The van der Waals surface area contributed by atoms with Gasteiger partial charge in [-0.1, -0.05) is 23.7 Å². The third-order valence-electron chi connectivity index (χ3n) is 1.56. The molecule has 1 aromatic carbocycles. The number of hydrogen-bond donors (Lipinski definition) is 2. The van der Waals surface area contributed by atoms with Crippen molar-refractivity contribution in [2.45, 2.75) is 5.56 Å². The van der Waals surface area contributed by atoms with E-state index in [0.717, 1.165) is 0 Å². The van der Waals surface area contributed by atoms with Gasteiger partial charge < -0.3 is 4.74 Å². The summed E-state index contributed by atoms with van der Waals surface area (Å²) in [5.74, 6) is -0.208. The van der Waals surface area contributed by atoms with Crippen LogP contribution in [-0.4, -0.2) is 18.0 Å². The monoisotopic (exact) mass is 231 g/mol. The number of thiol groups is 1. The lowest BCUT2D eigenvalue weighted by Gasteiger charge is -2.06. The fourth-order valence-electron chi connectivity index (χ4n) is 0.926. The maximum atomic E-state index is 11.5. The first-order valence-electron chi connectivity index (χ1n) is 3.94. The van der Waals surface area contributed by atoms with E-state index >= 15 is 0 Å². The second-order valence-electron chi connectivity index (χ2n) is 2.60. The highest BCUT2D eigenvalue weighted by molar-refractivity contribution is 7.80. The Bertz CT molecular complexity index is 330. The van der Waals surface area contributed by atoms with Crippen molar-refractivity contribution >= 4 is 30.0 Å². The van der Waals surface area contributed by atoms with Crippen LogP contribution < -0.4 is 5.73 Å². The molecule has 14 heavy (non-hydrogen) atoms.